The van der Waals surface area contributed by atoms with Crippen molar-refractivity contribution < 1.29 is 28.4 Å². The van der Waals surface area contributed by atoms with Crippen molar-refractivity contribution in [2.45, 2.75) is 96.7 Å². The summed E-state index contributed by atoms with van der Waals surface area (Å²) in [6, 6.07) is 13.3. The fourth-order valence-electron chi connectivity index (χ4n) is 6.31. The first-order valence-corrected chi connectivity index (χ1v) is 16.3. The second-order valence-corrected chi connectivity index (χ2v) is 14.4. The largest absolute Gasteiger partial charge is 0.444 e. The minimum absolute atomic E-state index is 0.0109. The maximum atomic E-state index is 13.2. The second kappa shape index (κ2) is 12.5. The normalized spacial score (nSPS) is 21.3. The first kappa shape index (κ1) is 32.2. The zero-order valence-corrected chi connectivity index (χ0v) is 27.9. The van der Waals surface area contributed by atoms with Gasteiger partial charge in [-0.05, 0) is 96.0 Å². The number of nitrogens with one attached hydrogen (secondary N) is 3. The van der Waals surface area contributed by atoms with Crippen molar-refractivity contribution in [2.24, 2.45) is 0 Å². The fraction of sp³-hybridized carbons (Fsp3) is 0.486. The molecule has 0 bridgehead atoms. The molecule has 3 aromatic rings. The molecular formula is C35H44N6O6. The third-order valence-electron chi connectivity index (χ3n) is 8.46. The van der Waals surface area contributed by atoms with Gasteiger partial charge in [0.2, 0.25) is 5.91 Å². The van der Waals surface area contributed by atoms with Gasteiger partial charge in [0.15, 0.2) is 11.4 Å². The van der Waals surface area contributed by atoms with E-state index in [0.29, 0.717) is 36.3 Å². The van der Waals surface area contributed by atoms with E-state index in [0.717, 1.165) is 41.6 Å². The molecule has 0 radical (unpaired) electrons. The number of fused-ring (bicyclic) bond motifs is 1. The van der Waals surface area contributed by atoms with Crippen LogP contribution in [0.25, 0.3) is 27.8 Å². The van der Waals surface area contributed by atoms with Crippen LogP contribution >= 0.6 is 0 Å². The topological polar surface area (TPSA) is 138 Å². The highest BCUT2D eigenvalue weighted by atomic mass is 16.6. The SMILES string of the molecule is CC(C)(C)OC(=O)N1CCC[C@H]1C(=O)Nc1noc2cc(-c3ccc(C4=CNC([C@@H]5CCCN5C(=O)OC(C)(C)C)N4)cc3)ccc12. The molecule has 3 aliphatic heterocycles. The Balaban J connectivity index is 1.09. The van der Waals surface area contributed by atoms with Gasteiger partial charge in [-0.25, -0.2) is 9.59 Å². The summed E-state index contributed by atoms with van der Waals surface area (Å²) in [5, 5.41) is 14.6. The number of carbonyl (C=O) groups is 3. The van der Waals surface area contributed by atoms with Crippen molar-refractivity contribution in [3.63, 3.8) is 0 Å². The van der Waals surface area contributed by atoms with Crippen molar-refractivity contribution in [1.82, 2.24) is 25.6 Å². The summed E-state index contributed by atoms with van der Waals surface area (Å²) in [5.74, 6) is -0.00278. The summed E-state index contributed by atoms with van der Waals surface area (Å²) in [7, 11) is 0. The molecule has 0 aliphatic carbocycles. The van der Waals surface area contributed by atoms with Crippen LogP contribution in [0.5, 0.6) is 0 Å². The predicted molar refractivity (Wildman–Crippen MR) is 178 cm³/mol. The van der Waals surface area contributed by atoms with E-state index in [-0.39, 0.29) is 24.2 Å². The Bertz CT molecular complexity index is 1680. The summed E-state index contributed by atoms with van der Waals surface area (Å²) in [4.78, 5) is 41.9. The Hall–Kier alpha value is -4.74. The number of hydrogen-bond donors (Lipinski definition) is 3. The van der Waals surface area contributed by atoms with Crippen molar-refractivity contribution in [1.29, 1.82) is 0 Å². The fourth-order valence-corrected chi connectivity index (χ4v) is 6.31. The van der Waals surface area contributed by atoms with E-state index >= 15 is 0 Å². The molecule has 1 aromatic heterocycles. The van der Waals surface area contributed by atoms with Gasteiger partial charge >= 0.3 is 12.2 Å². The van der Waals surface area contributed by atoms with Crippen LogP contribution in [0.3, 0.4) is 0 Å². The zero-order chi connectivity index (χ0) is 33.5. The highest BCUT2D eigenvalue weighted by Gasteiger charge is 2.39. The quantitative estimate of drug-likeness (QED) is 0.303. The maximum absolute atomic E-state index is 13.2. The monoisotopic (exact) mass is 644 g/mol. The van der Waals surface area contributed by atoms with Crippen LogP contribution in [-0.2, 0) is 14.3 Å². The van der Waals surface area contributed by atoms with Gasteiger partial charge in [0.1, 0.15) is 23.4 Å². The molecule has 3 amide bonds. The molecule has 12 heteroatoms. The van der Waals surface area contributed by atoms with Gasteiger partial charge < -0.3 is 34.8 Å². The number of carbonyl (C=O) groups excluding carboxylic acids is 3. The molecule has 250 valence electrons. The summed E-state index contributed by atoms with van der Waals surface area (Å²) in [6.07, 6.45) is 4.18. The first-order valence-electron chi connectivity index (χ1n) is 16.3. The molecule has 3 N–H and O–H groups in total. The molecule has 2 fully saturated rings. The number of anilines is 1. The number of aromatic nitrogens is 1. The zero-order valence-electron chi connectivity index (χ0n) is 27.9. The summed E-state index contributed by atoms with van der Waals surface area (Å²) in [5.41, 5.74) is 3.26. The van der Waals surface area contributed by atoms with Crippen LogP contribution in [0.1, 0.15) is 72.8 Å². The number of hydrogen-bond acceptors (Lipinski definition) is 9. The lowest BCUT2D eigenvalue weighted by Gasteiger charge is -2.32. The average Bonchev–Trinajstić information content (AvgIpc) is 3.81. The van der Waals surface area contributed by atoms with E-state index in [9.17, 15) is 14.4 Å². The van der Waals surface area contributed by atoms with Gasteiger partial charge in [0.25, 0.3) is 0 Å². The Morgan fingerprint density at radius 2 is 1.47 bits per heavy atom. The molecule has 2 aromatic carbocycles. The van der Waals surface area contributed by atoms with Crippen LogP contribution in [-0.4, -0.2) is 75.6 Å². The molecular weight excluding hydrogens is 600 g/mol. The maximum Gasteiger partial charge on any atom is 0.410 e. The van der Waals surface area contributed by atoms with Crippen molar-refractivity contribution >= 4 is 40.6 Å². The third kappa shape index (κ3) is 7.16. The number of likely N-dealkylation sites (tertiary alicyclic amines) is 2. The van der Waals surface area contributed by atoms with Crippen molar-refractivity contribution in [3.05, 3.63) is 54.2 Å². The molecule has 3 aliphatic rings. The van der Waals surface area contributed by atoms with E-state index < -0.39 is 23.3 Å². The number of ether oxygens (including phenoxy) is 2. The Kier molecular flexibility index (Phi) is 8.54. The smallest absolute Gasteiger partial charge is 0.410 e. The molecule has 3 atom stereocenters. The predicted octanol–water partition coefficient (Wildman–Crippen LogP) is 6.05. The number of nitrogens with zero attached hydrogens (tertiary/aromatic N) is 3. The Labute approximate surface area is 274 Å². The number of amides is 3. The minimum Gasteiger partial charge on any atom is -0.444 e. The lowest BCUT2D eigenvalue weighted by molar-refractivity contribution is -0.120. The van der Waals surface area contributed by atoms with E-state index in [1.165, 1.54) is 4.90 Å². The van der Waals surface area contributed by atoms with Crippen molar-refractivity contribution in [3.8, 4) is 11.1 Å². The first-order chi connectivity index (χ1) is 22.3. The van der Waals surface area contributed by atoms with E-state index in [1.54, 1.807) is 20.8 Å². The van der Waals surface area contributed by atoms with Gasteiger partial charge in [-0.2, -0.15) is 0 Å². The van der Waals surface area contributed by atoms with E-state index in [4.69, 9.17) is 14.0 Å². The molecule has 2 saturated heterocycles. The Morgan fingerprint density at radius 3 is 2.17 bits per heavy atom. The van der Waals surface area contributed by atoms with Gasteiger partial charge in [-0.15, -0.1) is 0 Å². The minimum atomic E-state index is -0.645. The average molecular weight is 645 g/mol. The third-order valence-corrected chi connectivity index (χ3v) is 8.46. The summed E-state index contributed by atoms with van der Waals surface area (Å²) < 4.78 is 16.7. The van der Waals surface area contributed by atoms with Crippen LogP contribution < -0.4 is 16.0 Å². The van der Waals surface area contributed by atoms with Gasteiger partial charge in [-0.1, -0.05) is 35.5 Å². The van der Waals surface area contributed by atoms with Gasteiger partial charge in [0.05, 0.1) is 17.1 Å². The standard InChI is InChI=1S/C35H44N6O6/c1-34(2,3)45-32(43)40-17-7-9-26(40)30-36-20-25(37-30)22-13-11-21(12-14-22)23-15-16-24-28(19-23)47-39-29(24)38-31(42)27-10-8-18-41(27)33(44)46-35(4,5)6/h11-16,19-20,26-27,30,36-37H,7-10,17-18H2,1-6H3,(H,38,39,42)/t26-,27-,30?/m0/s1. The van der Waals surface area contributed by atoms with Crippen molar-refractivity contribution in [2.75, 3.05) is 18.4 Å². The van der Waals surface area contributed by atoms with Crippen LogP contribution in [0.4, 0.5) is 15.4 Å². The number of benzene rings is 2. The molecule has 12 nitrogen and oxygen atoms in total. The molecule has 4 heterocycles. The summed E-state index contributed by atoms with van der Waals surface area (Å²) >= 11 is 0. The van der Waals surface area contributed by atoms with Crippen LogP contribution in [0.2, 0.25) is 0 Å². The molecule has 0 spiro atoms. The lowest BCUT2D eigenvalue weighted by Crippen LogP contribution is -2.52. The molecule has 0 saturated carbocycles. The van der Waals surface area contributed by atoms with Gasteiger partial charge in [0, 0.05) is 19.3 Å². The second-order valence-electron chi connectivity index (χ2n) is 14.4. The highest BCUT2D eigenvalue weighted by molar-refractivity contribution is 6.02. The molecule has 6 rings (SSSR count). The van der Waals surface area contributed by atoms with Gasteiger partial charge in [-0.3, -0.25) is 9.69 Å². The van der Waals surface area contributed by atoms with Crippen LogP contribution in [0.15, 0.2) is 53.2 Å². The van der Waals surface area contributed by atoms with Crippen LogP contribution in [0, 0.1) is 0 Å². The Morgan fingerprint density at radius 1 is 0.851 bits per heavy atom. The molecule has 1 unspecified atom stereocenters. The summed E-state index contributed by atoms with van der Waals surface area (Å²) in [6.45, 7) is 12.2. The number of rotatable bonds is 5. The lowest BCUT2D eigenvalue weighted by atomic mass is 10.0. The molecule has 47 heavy (non-hydrogen) atoms. The van der Waals surface area contributed by atoms with E-state index in [1.807, 2.05) is 74.3 Å². The van der Waals surface area contributed by atoms with E-state index in [2.05, 4.69) is 21.1 Å². The highest BCUT2D eigenvalue weighted by Crippen LogP contribution is 2.31.